The minimum atomic E-state index is -1.10. The fourth-order valence-electron chi connectivity index (χ4n) is 2.39. The van der Waals surface area contributed by atoms with Gasteiger partial charge in [0.15, 0.2) is 0 Å². The Labute approximate surface area is 156 Å². The van der Waals surface area contributed by atoms with E-state index in [-0.39, 0.29) is 6.54 Å². The first-order valence-corrected chi connectivity index (χ1v) is 9.15. The van der Waals surface area contributed by atoms with E-state index in [1.807, 2.05) is 12.3 Å². The highest BCUT2D eigenvalue weighted by atomic mass is 32.2. The highest BCUT2D eigenvalue weighted by Crippen LogP contribution is 2.26. The maximum absolute atomic E-state index is 14.0. The zero-order valence-electron chi connectivity index (χ0n) is 14.8. The highest BCUT2D eigenvalue weighted by Gasteiger charge is 2.30. The fraction of sp³-hybridized carbons (Fsp3) is 0.263. The van der Waals surface area contributed by atoms with Gasteiger partial charge in [-0.1, -0.05) is 24.3 Å². The van der Waals surface area contributed by atoms with E-state index in [2.05, 4.69) is 10.6 Å². The molecule has 0 aliphatic carbocycles. The summed E-state index contributed by atoms with van der Waals surface area (Å²) in [5.74, 6) is -2.06. The third-order valence-corrected chi connectivity index (χ3v) is 4.74. The van der Waals surface area contributed by atoms with Crippen molar-refractivity contribution < 1.29 is 18.7 Å². The Morgan fingerprint density at radius 2 is 1.88 bits per heavy atom. The van der Waals surface area contributed by atoms with Crippen molar-refractivity contribution in [3.8, 4) is 0 Å². The van der Waals surface area contributed by atoms with Crippen molar-refractivity contribution in [2.45, 2.75) is 17.4 Å². The van der Waals surface area contributed by atoms with Gasteiger partial charge >= 0.3 is 11.8 Å². The van der Waals surface area contributed by atoms with Crippen molar-refractivity contribution in [3.05, 3.63) is 59.9 Å². The van der Waals surface area contributed by atoms with Crippen LogP contribution in [0, 0.1) is 5.82 Å². The molecule has 0 bridgehead atoms. The van der Waals surface area contributed by atoms with Gasteiger partial charge in [-0.2, -0.15) is 0 Å². The van der Waals surface area contributed by atoms with E-state index in [1.54, 1.807) is 43.3 Å². The molecule has 0 heterocycles. The van der Waals surface area contributed by atoms with Crippen molar-refractivity contribution in [3.63, 3.8) is 0 Å². The lowest BCUT2D eigenvalue weighted by Crippen LogP contribution is -2.44. The number of amides is 2. The molecule has 1 unspecified atom stereocenters. The summed E-state index contributed by atoms with van der Waals surface area (Å²) >= 11 is 1.53. The molecule has 7 heteroatoms. The molecule has 0 saturated heterocycles. The first-order valence-electron chi connectivity index (χ1n) is 7.93. The molecule has 2 aromatic carbocycles. The Balaban J connectivity index is 2.02. The van der Waals surface area contributed by atoms with E-state index >= 15 is 0 Å². The first-order chi connectivity index (χ1) is 12.4. The van der Waals surface area contributed by atoms with Crippen LogP contribution in [-0.2, 0) is 19.9 Å². The number of hydrogen-bond donors (Lipinski definition) is 2. The van der Waals surface area contributed by atoms with Crippen molar-refractivity contribution >= 4 is 29.3 Å². The maximum atomic E-state index is 14.0. The number of methoxy groups -OCH3 is 1. The third-order valence-electron chi connectivity index (χ3n) is 4.01. The molecular weight excluding hydrogens is 355 g/mol. The van der Waals surface area contributed by atoms with Gasteiger partial charge in [0.05, 0.1) is 6.54 Å². The van der Waals surface area contributed by atoms with Crippen molar-refractivity contribution in [2.75, 3.05) is 25.2 Å². The first kappa shape index (κ1) is 19.9. The second-order valence-corrected chi connectivity index (χ2v) is 6.66. The number of benzene rings is 2. The molecule has 2 aromatic rings. The molecule has 2 rings (SSSR count). The monoisotopic (exact) mass is 376 g/mol. The summed E-state index contributed by atoms with van der Waals surface area (Å²) in [5, 5.41) is 5.04. The number of halogens is 1. The lowest BCUT2D eigenvalue weighted by molar-refractivity contribution is -0.137. The van der Waals surface area contributed by atoms with Crippen LogP contribution in [0.3, 0.4) is 0 Å². The lowest BCUT2D eigenvalue weighted by Gasteiger charge is -2.29. The molecule has 2 amide bonds. The fourth-order valence-corrected chi connectivity index (χ4v) is 2.84. The van der Waals surface area contributed by atoms with Gasteiger partial charge in [-0.15, -0.1) is 11.8 Å². The number of hydrogen-bond acceptors (Lipinski definition) is 4. The van der Waals surface area contributed by atoms with Gasteiger partial charge in [0, 0.05) is 23.3 Å². The van der Waals surface area contributed by atoms with Gasteiger partial charge in [-0.05, 0) is 37.4 Å². The molecular formula is C19H21FN2O3S. The van der Waals surface area contributed by atoms with Gasteiger partial charge in [0.25, 0.3) is 0 Å². The molecule has 2 N–H and O–H groups in total. The van der Waals surface area contributed by atoms with E-state index in [9.17, 15) is 14.0 Å². The van der Waals surface area contributed by atoms with Gasteiger partial charge in [0.1, 0.15) is 11.4 Å². The molecule has 26 heavy (non-hydrogen) atoms. The van der Waals surface area contributed by atoms with E-state index in [4.69, 9.17) is 4.74 Å². The average Bonchev–Trinajstić information content (AvgIpc) is 2.66. The lowest BCUT2D eigenvalue weighted by atomic mass is 9.95. The van der Waals surface area contributed by atoms with Crippen LogP contribution in [-0.4, -0.2) is 31.7 Å². The Bertz CT molecular complexity index is 800. The molecule has 0 fully saturated rings. The molecule has 0 aliphatic rings. The van der Waals surface area contributed by atoms with Crippen LogP contribution in [0.15, 0.2) is 53.4 Å². The number of nitrogens with one attached hydrogen (secondary N) is 2. The number of ether oxygens (including phenoxy) is 1. The van der Waals surface area contributed by atoms with Gasteiger partial charge in [0.2, 0.25) is 0 Å². The summed E-state index contributed by atoms with van der Waals surface area (Å²) in [5.41, 5.74) is -0.267. The quantitative estimate of drug-likeness (QED) is 0.600. The molecule has 5 nitrogen and oxygen atoms in total. The molecule has 0 aliphatic heterocycles. The van der Waals surface area contributed by atoms with E-state index in [0.29, 0.717) is 11.3 Å². The predicted octanol–water partition coefficient (Wildman–Crippen LogP) is 3.16. The highest BCUT2D eigenvalue weighted by molar-refractivity contribution is 7.98. The van der Waals surface area contributed by atoms with Crippen LogP contribution < -0.4 is 10.6 Å². The molecule has 0 aromatic heterocycles. The third kappa shape index (κ3) is 4.83. The van der Waals surface area contributed by atoms with Crippen LogP contribution in [0.25, 0.3) is 0 Å². The predicted molar refractivity (Wildman–Crippen MR) is 101 cm³/mol. The summed E-state index contributed by atoms with van der Waals surface area (Å²) in [6, 6.07) is 13.3. The summed E-state index contributed by atoms with van der Waals surface area (Å²) in [4.78, 5) is 25.1. The largest absolute Gasteiger partial charge is 0.372 e. The Kier molecular flexibility index (Phi) is 6.76. The maximum Gasteiger partial charge on any atom is 0.313 e. The van der Waals surface area contributed by atoms with Crippen LogP contribution >= 0.6 is 11.8 Å². The normalized spacial score (nSPS) is 12.9. The van der Waals surface area contributed by atoms with Gasteiger partial charge in [-0.25, -0.2) is 4.39 Å². The molecule has 138 valence electrons. The van der Waals surface area contributed by atoms with Gasteiger partial charge < -0.3 is 15.4 Å². The van der Waals surface area contributed by atoms with Crippen molar-refractivity contribution in [1.29, 1.82) is 0 Å². The van der Waals surface area contributed by atoms with Crippen LogP contribution in [0.1, 0.15) is 12.5 Å². The van der Waals surface area contributed by atoms with Crippen molar-refractivity contribution in [1.82, 2.24) is 5.32 Å². The number of carbonyl (C=O) groups excluding carboxylic acids is 2. The topological polar surface area (TPSA) is 67.4 Å². The number of rotatable bonds is 6. The molecule has 0 radical (unpaired) electrons. The molecule has 0 saturated carbocycles. The van der Waals surface area contributed by atoms with Crippen molar-refractivity contribution in [2.24, 2.45) is 0 Å². The van der Waals surface area contributed by atoms with E-state index in [1.165, 1.54) is 24.9 Å². The SMILES string of the molecule is COC(C)(CNC(=O)C(=O)Nc1cccc(SC)c1)c1ccccc1F. The summed E-state index contributed by atoms with van der Waals surface area (Å²) < 4.78 is 19.4. The Hall–Kier alpha value is -2.38. The Morgan fingerprint density at radius 1 is 1.15 bits per heavy atom. The number of carbonyl (C=O) groups is 2. The molecule has 0 spiro atoms. The summed E-state index contributed by atoms with van der Waals surface area (Å²) in [6.45, 7) is 1.59. The summed E-state index contributed by atoms with van der Waals surface area (Å²) in [7, 11) is 1.42. The standard InChI is InChI=1S/C19H21FN2O3S/c1-19(25-2,15-9-4-5-10-16(15)20)12-21-17(23)18(24)22-13-7-6-8-14(11-13)26-3/h4-11H,12H2,1-3H3,(H,21,23)(H,22,24). The summed E-state index contributed by atoms with van der Waals surface area (Å²) in [6.07, 6.45) is 1.92. The Morgan fingerprint density at radius 3 is 2.54 bits per heavy atom. The van der Waals surface area contributed by atoms with Crippen LogP contribution in [0.5, 0.6) is 0 Å². The van der Waals surface area contributed by atoms with Crippen LogP contribution in [0.4, 0.5) is 10.1 Å². The number of thioether (sulfide) groups is 1. The smallest absolute Gasteiger partial charge is 0.313 e. The van der Waals surface area contributed by atoms with E-state index in [0.717, 1.165) is 4.90 Å². The molecule has 1 atom stereocenters. The second-order valence-electron chi connectivity index (χ2n) is 5.78. The van der Waals surface area contributed by atoms with Crippen LogP contribution in [0.2, 0.25) is 0 Å². The minimum Gasteiger partial charge on any atom is -0.372 e. The zero-order valence-corrected chi connectivity index (χ0v) is 15.7. The minimum absolute atomic E-state index is 0.0540. The van der Waals surface area contributed by atoms with Gasteiger partial charge in [-0.3, -0.25) is 9.59 Å². The average molecular weight is 376 g/mol. The second kappa shape index (κ2) is 8.82. The number of anilines is 1. The van der Waals surface area contributed by atoms with E-state index < -0.39 is 23.2 Å². The zero-order chi connectivity index (χ0) is 19.2.